The van der Waals surface area contributed by atoms with Crippen molar-refractivity contribution in [3.8, 4) is 0 Å². The molecule has 1 aromatic carbocycles. The van der Waals surface area contributed by atoms with Crippen LogP contribution in [-0.4, -0.2) is 23.3 Å². The van der Waals surface area contributed by atoms with Gasteiger partial charge in [0.25, 0.3) is 0 Å². The summed E-state index contributed by atoms with van der Waals surface area (Å²) in [4.78, 5) is 2.34. The van der Waals surface area contributed by atoms with E-state index in [9.17, 15) is 0 Å². The standard InChI is InChI=1S/C15H22N4/c1-4-19(5-2)14-8-6-13(7-9-14)17-12(3)15-10-11-16-18-15/h6-12,17H,4-5H2,1-3H3,(H,16,18). The van der Waals surface area contributed by atoms with E-state index in [1.807, 2.05) is 6.07 Å². The fourth-order valence-corrected chi connectivity index (χ4v) is 2.19. The normalized spacial score (nSPS) is 12.2. The second-order valence-corrected chi connectivity index (χ2v) is 4.60. The number of hydrogen-bond donors (Lipinski definition) is 2. The maximum atomic E-state index is 3.97. The molecule has 0 radical (unpaired) electrons. The van der Waals surface area contributed by atoms with Crippen molar-refractivity contribution >= 4 is 11.4 Å². The maximum absolute atomic E-state index is 3.97. The molecule has 0 aliphatic rings. The van der Waals surface area contributed by atoms with Crippen molar-refractivity contribution in [2.24, 2.45) is 0 Å². The summed E-state index contributed by atoms with van der Waals surface area (Å²) in [7, 11) is 0. The molecule has 19 heavy (non-hydrogen) atoms. The lowest BCUT2D eigenvalue weighted by molar-refractivity contribution is 0.825. The molecule has 1 heterocycles. The van der Waals surface area contributed by atoms with Crippen molar-refractivity contribution in [1.29, 1.82) is 0 Å². The van der Waals surface area contributed by atoms with E-state index in [2.05, 4.69) is 65.5 Å². The number of rotatable bonds is 6. The summed E-state index contributed by atoms with van der Waals surface area (Å²) in [5.41, 5.74) is 3.48. The van der Waals surface area contributed by atoms with E-state index >= 15 is 0 Å². The van der Waals surface area contributed by atoms with Gasteiger partial charge >= 0.3 is 0 Å². The zero-order valence-electron chi connectivity index (χ0n) is 11.9. The second kappa shape index (κ2) is 6.27. The minimum absolute atomic E-state index is 0.224. The third kappa shape index (κ3) is 3.28. The highest BCUT2D eigenvalue weighted by atomic mass is 15.1. The molecular weight excluding hydrogens is 236 g/mol. The van der Waals surface area contributed by atoms with E-state index in [1.54, 1.807) is 6.20 Å². The van der Waals surface area contributed by atoms with Crippen LogP contribution in [0.5, 0.6) is 0 Å². The third-order valence-corrected chi connectivity index (χ3v) is 3.37. The van der Waals surface area contributed by atoms with Gasteiger partial charge in [-0.05, 0) is 51.1 Å². The minimum Gasteiger partial charge on any atom is -0.377 e. The van der Waals surface area contributed by atoms with Crippen LogP contribution >= 0.6 is 0 Å². The average molecular weight is 258 g/mol. The molecule has 0 bridgehead atoms. The number of nitrogens with one attached hydrogen (secondary N) is 2. The Labute approximate surface area is 114 Å². The SMILES string of the molecule is CCN(CC)c1ccc(NC(C)c2ccn[nH]2)cc1. The molecule has 4 heteroatoms. The fourth-order valence-electron chi connectivity index (χ4n) is 2.19. The minimum atomic E-state index is 0.224. The molecule has 0 saturated carbocycles. The van der Waals surface area contributed by atoms with Gasteiger partial charge in [0.15, 0.2) is 0 Å². The summed E-state index contributed by atoms with van der Waals surface area (Å²) in [6.45, 7) is 8.54. The van der Waals surface area contributed by atoms with Gasteiger partial charge in [-0.3, -0.25) is 5.10 Å². The predicted molar refractivity (Wildman–Crippen MR) is 80.6 cm³/mol. The highest BCUT2D eigenvalue weighted by molar-refractivity contribution is 5.55. The van der Waals surface area contributed by atoms with Crippen molar-refractivity contribution in [1.82, 2.24) is 10.2 Å². The van der Waals surface area contributed by atoms with Gasteiger partial charge in [0.1, 0.15) is 0 Å². The Bertz CT molecular complexity index is 471. The lowest BCUT2D eigenvalue weighted by Gasteiger charge is -2.21. The van der Waals surface area contributed by atoms with E-state index in [0.717, 1.165) is 24.5 Å². The number of anilines is 2. The van der Waals surface area contributed by atoms with Crippen molar-refractivity contribution in [3.05, 3.63) is 42.2 Å². The van der Waals surface area contributed by atoms with Crippen molar-refractivity contribution < 1.29 is 0 Å². The summed E-state index contributed by atoms with van der Waals surface area (Å²) in [6, 6.07) is 10.8. The topological polar surface area (TPSA) is 44.0 Å². The maximum Gasteiger partial charge on any atom is 0.0651 e. The van der Waals surface area contributed by atoms with Crippen LogP contribution in [0.1, 0.15) is 32.5 Å². The van der Waals surface area contributed by atoms with Crippen LogP contribution in [0.4, 0.5) is 11.4 Å². The van der Waals surface area contributed by atoms with Gasteiger partial charge in [-0.1, -0.05) is 0 Å². The summed E-state index contributed by atoms with van der Waals surface area (Å²) >= 11 is 0. The van der Waals surface area contributed by atoms with Crippen LogP contribution in [0.2, 0.25) is 0 Å². The van der Waals surface area contributed by atoms with Crippen molar-refractivity contribution in [2.75, 3.05) is 23.3 Å². The molecule has 1 unspecified atom stereocenters. The first kappa shape index (κ1) is 13.5. The molecule has 1 aromatic heterocycles. The molecule has 0 aliphatic carbocycles. The number of nitrogens with zero attached hydrogens (tertiary/aromatic N) is 2. The average Bonchev–Trinajstić information content (AvgIpc) is 2.96. The number of H-pyrrole nitrogens is 1. The van der Waals surface area contributed by atoms with Crippen LogP contribution in [-0.2, 0) is 0 Å². The molecule has 0 amide bonds. The van der Waals surface area contributed by atoms with Gasteiger partial charge in [-0.2, -0.15) is 5.10 Å². The quantitative estimate of drug-likeness (QED) is 0.834. The van der Waals surface area contributed by atoms with Gasteiger partial charge in [0.2, 0.25) is 0 Å². The smallest absolute Gasteiger partial charge is 0.0651 e. The van der Waals surface area contributed by atoms with Crippen LogP contribution in [0, 0.1) is 0 Å². The molecule has 2 aromatic rings. The summed E-state index contributed by atoms with van der Waals surface area (Å²) < 4.78 is 0. The lowest BCUT2D eigenvalue weighted by Crippen LogP contribution is -2.21. The molecule has 0 saturated heterocycles. The molecule has 2 N–H and O–H groups in total. The van der Waals surface area contributed by atoms with E-state index in [-0.39, 0.29) is 6.04 Å². The molecule has 102 valence electrons. The van der Waals surface area contributed by atoms with Gasteiger partial charge < -0.3 is 10.2 Å². The Morgan fingerprint density at radius 3 is 2.37 bits per heavy atom. The van der Waals surface area contributed by atoms with Crippen molar-refractivity contribution in [3.63, 3.8) is 0 Å². The van der Waals surface area contributed by atoms with Crippen LogP contribution < -0.4 is 10.2 Å². The molecule has 1 atom stereocenters. The number of aromatic amines is 1. The largest absolute Gasteiger partial charge is 0.377 e. The Hall–Kier alpha value is -1.97. The Morgan fingerprint density at radius 2 is 1.84 bits per heavy atom. The highest BCUT2D eigenvalue weighted by Gasteiger charge is 2.07. The zero-order chi connectivity index (χ0) is 13.7. The number of benzene rings is 1. The molecular formula is C15H22N4. The summed E-state index contributed by atoms with van der Waals surface area (Å²) in [5, 5.41) is 10.4. The number of aromatic nitrogens is 2. The first-order valence-electron chi connectivity index (χ1n) is 6.85. The number of hydrogen-bond acceptors (Lipinski definition) is 3. The molecule has 4 nitrogen and oxygen atoms in total. The zero-order valence-corrected chi connectivity index (χ0v) is 11.9. The van der Waals surface area contributed by atoms with E-state index in [4.69, 9.17) is 0 Å². The first-order chi connectivity index (χ1) is 9.24. The fraction of sp³-hybridized carbons (Fsp3) is 0.400. The van der Waals surface area contributed by atoms with Gasteiger partial charge in [0.05, 0.1) is 11.7 Å². The first-order valence-corrected chi connectivity index (χ1v) is 6.85. The predicted octanol–water partition coefficient (Wildman–Crippen LogP) is 3.43. The van der Waals surface area contributed by atoms with Gasteiger partial charge in [-0.15, -0.1) is 0 Å². The monoisotopic (exact) mass is 258 g/mol. The second-order valence-electron chi connectivity index (χ2n) is 4.60. The molecule has 2 rings (SSSR count). The summed E-state index contributed by atoms with van der Waals surface area (Å²) in [5.74, 6) is 0. The van der Waals surface area contributed by atoms with Gasteiger partial charge in [-0.25, -0.2) is 0 Å². The van der Waals surface area contributed by atoms with Crippen molar-refractivity contribution in [2.45, 2.75) is 26.8 Å². The molecule has 0 aliphatic heterocycles. The van der Waals surface area contributed by atoms with E-state index < -0.39 is 0 Å². The molecule has 0 fully saturated rings. The Morgan fingerprint density at radius 1 is 1.16 bits per heavy atom. The highest BCUT2D eigenvalue weighted by Crippen LogP contribution is 2.21. The summed E-state index contributed by atoms with van der Waals surface area (Å²) in [6.07, 6.45) is 1.77. The Balaban J connectivity index is 2.02. The van der Waals surface area contributed by atoms with Crippen LogP contribution in [0.3, 0.4) is 0 Å². The van der Waals surface area contributed by atoms with Crippen LogP contribution in [0.15, 0.2) is 36.5 Å². The van der Waals surface area contributed by atoms with Gasteiger partial charge in [0, 0.05) is 30.7 Å². The Kier molecular flexibility index (Phi) is 4.44. The van der Waals surface area contributed by atoms with E-state index in [0.29, 0.717) is 0 Å². The van der Waals surface area contributed by atoms with E-state index in [1.165, 1.54) is 5.69 Å². The lowest BCUT2D eigenvalue weighted by atomic mass is 10.2. The third-order valence-electron chi connectivity index (χ3n) is 3.37. The van der Waals surface area contributed by atoms with Crippen LogP contribution in [0.25, 0.3) is 0 Å². The molecule has 0 spiro atoms.